The van der Waals surface area contributed by atoms with Crippen molar-refractivity contribution < 1.29 is 17.2 Å². The molecule has 17 heavy (non-hydrogen) atoms. The molecule has 9 heteroatoms. The maximum absolute atomic E-state index is 13.3. The molecule has 90 valence electrons. The minimum absolute atomic E-state index is 0.257. The van der Waals surface area contributed by atoms with Crippen molar-refractivity contribution >= 4 is 19.7 Å². The summed E-state index contributed by atoms with van der Waals surface area (Å²) in [7, 11) is 0.915. The van der Waals surface area contributed by atoms with E-state index in [1.165, 1.54) is 0 Å². The lowest BCUT2D eigenvalue weighted by molar-refractivity contribution is 0.601. The van der Waals surface area contributed by atoms with E-state index in [0.29, 0.717) is 0 Å². The van der Waals surface area contributed by atoms with Gasteiger partial charge in [-0.1, -0.05) is 0 Å². The number of halogens is 3. The largest absolute Gasteiger partial charge is 0.296 e. The molecule has 0 atom stereocenters. The number of nitrogens with one attached hydrogen (secondary N) is 1. The van der Waals surface area contributed by atoms with Gasteiger partial charge in [-0.05, 0) is 18.2 Å². The smallest absolute Gasteiger partial charge is 0.248 e. The van der Waals surface area contributed by atoms with E-state index < -0.39 is 25.8 Å². The molecule has 0 spiro atoms. The Labute approximate surface area is 98.9 Å². The summed E-state index contributed by atoms with van der Waals surface area (Å²) in [5.74, 6) is -1.76. The maximum Gasteiger partial charge on any atom is 0.296 e. The second kappa shape index (κ2) is 4.04. The highest BCUT2D eigenvalue weighted by Gasteiger charge is 2.18. The van der Waals surface area contributed by atoms with Gasteiger partial charge in [-0.15, -0.1) is 0 Å². The van der Waals surface area contributed by atoms with Crippen LogP contribution in [0.1, 0.15) is 0 Å². The van der Waals surface area contributed by atoms with Gasteiger partial charge in [0.1, 0.15) is 11.6 Å². The molecule has 0 bridgehead atoms. The molecule has 0 saturated heterocycles. The normalized spacial score (nSPS) is 11.7. The quantitative estimate of drug-likeness (QED) is 0.849. The minimum Gasteiger partial charge on any atom is -0.248 e. The zero-order chi connectivity index (χ0) is 12.6. The molecule has 2 rings (SSSR count). The standard InChI is InChI=1S/C8H4ClF2N3O2S/c9-17(15,16)8-12-7(13-14-8)5-3-4(10)1-2-6(5)11/h1-3H,(H,12,13,14). The molecule has 5 nitrogen and oxygen atoms in total. The number of aromatic nitrogens is 3. The first-order valence-electron chi connectivity index (χ1n) is 4.20. The van der Waals surface area contributed by atoms with E-state index in [0.717, 1.165) is 18.2 Å². The van der Waals surface area contributed by atoms with Crippen LogP contribution in [0.2, 0.25) is 0 Å². The molecular formula is C8H4ClF2N3O2S. The van der Waals surface area contributed by atoms with Crippen molar-refractivity contribution in [3.8, 4) is 11.4 Å². The topological polar surface area (TPSA) is 75.7 Å². The van der Waals surface area contributed by atoms with Gasteiger partial charge >= 0.3 is 0 Å². The summed E-state index contributed by atoms with van der Waals surface area (Å²) < 4.78 is 48.0. The molecular weight excluding hydrogens is 276 g/mol. The molecule has 0 fully saturated rings. The summed E-state index contributed by atoms with van der Waals surface area (Å²) in [6.45, 7) is 0. The Morgan fingerprint density at radius 3 is 2.59 bits per heavy atom. The van der Waals surface area contributed by atoms with Crippen molar-refractivity contribution in [1.29, 1.82) is 0 Å². The van der Waals surface area contributed by atoms with E-state index >= 15 is 0 Å². The lowest BCUT2D eigenvalue weighted by Gasteiger charge is -1.97. The first-order valence-corrected chi connectivity index (χ1v) is 6.51. The van der Waals surface area contributed by atoms with Crippen LogP contribution in [0.5, 0.6) is 0 Å². The second-order valence-corrected chi connectivity index (χ2v) is 5.51. The predicted octanol–water partition coefficient (Wildman–Crippen LogP) is 1.68. The van der Waals surface area contributed by atoms with Crippen molar-refractivity contribution in [2.45, 2.75) is 5.16 Å². The number of rotatable bonds is 2. The van der Waals surface area contributed by atoms with Crippen LogP contribution in [-0.2, 0) is 9.05 Å². The minimum atomic E-state index is -4.09. The zero-order valence-corrected chi connectivity index (χ0v) is 9.56. The van der Waals surface area contributed by atoms with Crippen LogP contribution in [0.4, 0.5) is 8.78 Å². The van der Waals surface area contributed by atoms with Crippen LogP contribution >= 0.6 is 10.7 Å². The van der Waals surface area contributed by atoms with E-state index in [9.17, 15) is 17.2 Å². The third-order valence-corrected chi connectivity index (χ3v) is 2.95. The highest BCUT2D eigenvalue weighted by Crippen LogP contribution is 2.21. The van der Waals surface area contributed by atoms with Crippen molar-refractivity contribution in [1.82, 2.24) is 15.2 Å². The van der Waals surface area contributed by atoms with E-state index in [-0.39, 0.29) is 11.4 Å². The third kappa shape index (κ3) is 2.42. The van der Waals surface area contributed by atoms with Gasteiger partial charge in [0.15, 0.2) is 5.82 Å². The molecule has 0 aliphatic rings. The van der Waals surface area contributed by atoms with Crippen LogP contribution in [0.15, 0.2) is 23.4 Å². The molecule has 0 aliphatic carbocycles. The Morgan fingerprint density at radius 2 is 2.00 bits per heavy atom. The molecule has 1 aromatic carbocycles. The summed E-state index contributed by atoms with van der Waals surface area (Å²) >= 11 is 0. The van der Waals surface area contributed by atoms with Crippen molar-refractivity contribution in [2.24, 2.45) is 0 Å². The van der Waals surface area contributed by atoms with Gasteiger partial charge < -0.3 is 0 Å². The average molecular weight is 280 g/mol. The monoisotopic (exact) mass is 279 g/mol. The van der Waals surface area contributed by atoms with E-state index in [1.54, 1.807) is 0 Å². The van der Waals surface area contributed by atoms with E-state index in [4.69, 9.17) is 10.7 Å². The molecule has 0 saturated carbocycles. The number of hydrogen-bond acceptors (Lipinski definition) is 4. The summed E-state index contributed by atoms with van der Waals surface area (Å²) in [6.07, 6.45) is 0. The number of hydrogen-bond donors (Lipinski definition) is 1. The highest BCUT2D eigenvalue weighted by atomic mass is 35.7. The fraction of sp³-hybridized carbons (Fsp3) is 0. The first kappa shape index (κ1) is 11.9. The lowest BCUT2D eigenvalue weighted by Crippen LogP contribution is -1.93. The second-order valence-electron chi connectivity index (χ2n) is 3.03. The van der Waals surface area contributed by atoms with Gasteiger partial charge in [0, 0.05) is 10.7 Å². The van der Waals surface area contributed by atoms with Crippen LogP contribution < -0.4 is 0 Å². The number of benzene rings is 1. The number of H-pyrrole nitrogens is 1. The third-order valence-electron chi connectivity index (χ3n) is 1.87. The molecule has 1 heterocycles. The number of nitrogens with zero attached hydrogens (tertiary/aromatic N) is 2. The zero-order valence-electron chi connectivity index (χ0n) is 7.99. The molecule has 0 unspecified atom stereocenters. The van der Waals surface area contributed by atoms with Gasteiger partial charge in [0.05, 0.1) is 5.56 Å². The SMILES string of the molecule is O=S(=O)(Cl)c1nc(-c2cc(F)ccc2F)n[nH]1. The van der Waals surface area contributed by atoms with Gasteiger partial charge in [0.25, 0.3) is 14.2 Å². The van der Waals surface area contributed by atoms with Crippen LogP contribution in [-0.4, -0.2) is 23.6 Å². The Morgan fingerprint density at radius 1 is 1.29 bits per heavy atom. The van der Waals surface area contributed by atoms with Crippen LogP contribution in [0.25, 0.3) is 11.4 Å². The van der Waals surface area contributed by atoms with Crippen molar-refractivity contribution in [3.05, 3.63) is 29.8 Å². The average Bonchev–Trinajstić information content (AvgIpc) is 2.70. The molecule has 1 N–H and O–H groups in total. The molecule has 0 radical (unpaired) electrons. The van der Waals surface area contributed by atoms with Gasteiger partial charge in [-0.2, -0.15) is 10.1 Å². The van der Waals surface area contributed by atoms with Crippen molar-refractivity contribution in [3.63, 3.8) is 0 Å². The number of aromatic amines is 1. The van der Waals surface area contributed by atoms with Gasteiger partial charge in [-0.25, -0.2) is 22.3 Å². The van der Waals surface area contributed by atoms with Gasteiger partial charge in [0.2, 0.25) is 0 Å². The summed E-state index contributed by atoms with van der Waals surface area (Å²) in [5, 5.41) is 4.84. The Balaban J connectivity index is 2.55. The van der Waals surface area contributed by atoms with Crippen LogP contribution in [0, 0.1) is 11.6 Å². The fourth-order valence-corrected chi connectivity index (χ4v) is 1.70. The van der Waals surface area contributed by atoms with Crippen LogP contribution in [0.3, 0.4) is 0 Å². The highest BCUT2D eigenvalue weighted by molar-refractivity contribution is 8.13. The Kier molecular flexibility index (Phi) is 2.84. The summed E-state index contributed by atoms with van der Waals surface area (Å²) in [4.78, 5) is 3.46. The van der Waals surface area contributed by atoms with Gasteiger partial charge in [-0.3, -0.25) is 0 Å². The van der Waals surface area contributed by atoms with E-state index in [1.807, 2.05) is 5.10 Å². The fourth-order valence-electron chi connectivity index (χ4n) is 1.15. The molecule has 0 amide bonds. The molecule has 0 aliphatic heterocycles. The summed E-state index contributed by atoms with van der Waals surface area (Å²) in [5.41, 5.74) is -0.257. The molecule has 1 aromatic heterocycles. The predicted molar refractivity (Wildman–Crippen MR) is 54.8 cm³/mol. The van der Waals surface area contributed by atoms with E-state index in [2.05, 4.69) is 10.1 Å². The maximum atomic E-state index is 13.3. The Bertz CT molecular complexity index is 671. The first-order chi connectivity index (χ1) is 7.88. The Hall–Kier alpha value is -1.54. The molecule has 2 aromatic rings. The lowest BCUT2D eigenvalue weighted by atomic mass is 10.2. The summed E-state index contributed by atoms with van der Waals surface area (Å²) in [6, 6.07) is 2.66. The van der Waals surface area contributed by atoms with Crippen molar-refractivity contribution in [2.75, 3.05) is 0 Å².